The Morgan fingerprint density at radius 1 is 1.09 bits per heavy atom. The fourth-order valence-corrected chi connectivity index (χ4v) is 5.11. The van der Waals surface area contributed by atoms with Crippen LogP contribution in [0, 0.1) is 11.6 Å². The van der Waals surface area contributed by atoms with E-state index in [1.165, 1.54) is 24.0 Å². The van der Waals surface area contributed by atoms with Gasteiger partial charge >= 0.3 is 11.9 Å². The second kappa shape index (κ2) is 10.3. The number of thiazole rings is 1. The third-order valence-electron chi connectivity index (χ3n) is 5.00. The molecule has 1 radical (unpaired) electrons. The molecule has 1 amide bonds. The van der Waals surface area contributed by atoms with Crippen molar-refractivity contribution in [3.05, 3.63) is 66.5 Å². The van der Waals surface area contributed by atoms with E-state index in [2.05, 4.69) is 10.3 Å². The predicted molar refractivity (Wildman–Crippen MR) is 123 cm³/mol. The van der Waals surface area contributed by atoms with Gasteiger partial charge in [-0.2, -0.15) is 13.2 Å². The monoisotopic (exact) mass is 555 g/mol. The Morgan fingerprint density at radius 2 is 1.77 bits per heavy atom. The van der Waals surface area contributed by atoms with Crippen LogP contribution >= 0.6 is 22.7 Å². The van der Waals surface area contributed by atoms with Gasteiger partial charge in [0.15, 0.2) is 5.13 Å². The summed E-state index contributed by atoms with van der Waals surface area (Å²) < 4.78 is 69.1. The summed E-state index contributed by atoms with van der Waals surface area (Å²) in [7, 11) is 2.82. The number of carbonyl (C=O) groups is 1. The van der Waals surface area contributed by atoms with Gasteiger partial charge in [0.2, 0.25) is 5.91 Å². The molecular formula is C20H13F5KN4O3S2. The number of aryl methyl sites for hydroxylation is 1. The molecule has 0 fully saturated rings. The number of fused-ring (bicyclic) bond motifs is 1. The summed E-state index contributed by atoms with van der Waals surface area (Å²) in [6, 6.07) is 1.33. The van der Waals surface area contributed by atoms with E-state index in [0.29, 0.717) is 16.5 Å². The zero-order valence-electron chi connectivity index (χ0n) is 18.3. The molecule has 15 heteroatoms. The van der Waals surface area contributed by atoms with Gasteiger partial charge in [0.1, 0.15) is 22.0 Å². The minimum atomic E-state index is -5.24. The van der Waals surface area contributed by atoms with Crippen molar-refractivity contribution < 1.29 is 26.7 Å². The van der Waals surface area contributed by atoms with Crippen LogP contribution in [0.4, 0.5) is 27.1 Å². The van der Waals surface area contributed by atoms with Crippen molar-refractivity contribution in [2.75, 3.05) is 5.32 Å². The van der Waals surface area contributed by atoms with Crippen molar-refractivity contribution in [3.8, 4) is 11.3 Å². The number of aromatic nitrogens is 3. The van der Waals surface area contributed by atoms with E-state index >= 15 is 0 Å². The van der Waals surface area contributed by atoms with E-state index in [4.69, 9.17) is 0 Å². The molecule has 0 saturated heterocycles. The number of nitrogens with zero attached hydrogens (tertiary/aromatic N) is 3. The predicted octanol–water partition coefficient (Wildman–Crippen LogP) is 3.52. The van der Waals surface area contributed by atoms with Gasteiger partial charge in [-0.25, -0.2) is 18.6 Å². The summed E-state index contributed by atoms with van der Waals surface area (Å²) in [5, 5.41) is 5.43. The van der Waals surface area contributed by atoms with Crippen LogP contribution in [0.3, 0.4) is 0 Å². The van der Waals surface area contributed by atoms with Crippen LogP contribution in [-0.4, -0.2) is 71.4 Å². The van der Waals surface area contributed by atoms with Crippen molar-refractivity contribution in [2.24, 2.45) is 14.1 Å². The molecule has 0 saturated carbocycles. The Labute approximate surface area is 243 Å². The van der Waals surface area contributed by atoms with Gasteiger partial charge in [0.05, 0.1) is 17.5 Å². The van der Waals surface area contributed by atoms with E-state index in [-0.39, 0.29) is 74.0 Å². The number of carbonyl (C=O) groups excluding carboxylic acids is 1. The molecule has 1 N–H and O–H groups in total. The van der Waals surface area contributed by atoms with E-state index < -0.39 is 46.1 Å². The molecule has 179 valence electrons. The Balaban J connectivity index is 0.00000342. The van der Waals surface area contributed by atoms with Gasteiger partial charge < -0.3 is 5.32 Å². The zero-order chi connectivity index (χ0) is 24.9. The van der Waals surface area contributed by atoms with Crippen LogP contribution in [0.2, 0.25) is 0 Å². The Kier molecular flexibility index (Phi) is 8.20. The van der Waals surface area contributed by atoms with Crippen LogP contribution < -0.4 is 16.6 Å². The average molecular weight is 556 g/mol. The number of benzene rings is 1. The number of nitrogens with one attached hydrogen (secondary N) is 1. The van der Waals surface area contributed by atoms with Crippen molar-refractivity contribution in [3.63, 3.8) is 0 Å². The van der Waals surface area contributed by atoms with E-state index in [1.807, 2.05) is 0 Å². The fourth-order valence-electron chi connectivity index (χ4n) is 3.36. The van der Waals surface area contributed by atoms with Gasteiger partial charge in [0, 0.05) is 76.4 Å². The maximum absolute atomic E-state index is 14.4. The molecule has 0 aliphatic carbocycles. The average Bonchev–Trinajstić information content (AvgIpc) is 3.37. The smallest absolute Gasteiger partial charge is 0.302 e. The summed E-state index contributed by atoms with van der Waals surface area (Å²) in [4.78, 5) is 41.4. The largest absolute Gasteiger partial charge is 0.422 e. The molecule has 0 bridgehead atoms. The van der Waals surface area contributed by atoms with Gasteiger partial charge in [-0.15, -0.1) is 22.7 Å². The van der Waals surface area contributed by atoms with Crippen LogP contribution in [0.5, 0.6) is 0 Å². The maximum atomic E-state index is 14.4. The molecule has 0 atom stereocenters. The molecule has 1 aromatic carbocycles. The molecular weight excluding hydrogens is 542 g/mol. The number of rotatable bonds is 4. The first-order valence-electron chi connectivity index (χ1n) is 9.37. The number of hydrogen-bond donors (Lipinski definition) is 1. The normalized spacial score (nSPS) is 11.5. The SMILES string of the molecule is Cn1c(=O)c2c(CC(=O)Nc3nc(-c4ccc(F)c(C(F)(F)F)c4F)cs3)csc2n(C)c1=O.[K]. The van der Waals surface area contributed by atoms with Gasteiger partial charge in [-0.05, 0) is 23.1 Å². The van der Waals surface area contributed by atoms with Crippen molar-refractivity contribution in [2.45, 2.75) is 12.6 Å². The van der Waals surface area contributed by atoms with Crippen molar-refractivity contribution in [1.82, 2.24) is 14.1 Å². The molecule has 4 aromatic rings. The van der Waals surface area contributed by atoms with Crippen LogP contribution in [0.25, 0.3) is 21.5 Å². The number of hydrogen-bond acceptors (Lipinski definition) is 6. The first-order valence-corrected chi connectivity index (χ1v) is 11.1. The second-order valence-electron chi connectivity index (χ2n) is 7.19. The standard InChI is InChI=1S/C20H13F5N4O3S2.K/c1-28-16(31)13-8(6-33-17(13)29(2)19(28)32)5-12(30)27-18-26-11(7-34-18)9-3-4-10(21)14(15(9)22)20(23,24)25;/h3-4,6-7H,5H2,1-2H3,(H,26,27,30);. The molecule has 0 unspecified atom stereocenters. The maximum Gasteiger partial charge on any atom is 0.422 e. The fraction of sp³-hybridized carbons (Fsp3) is 0.200. The first kappa shape index (κ1) is 27.8. The third-order valence-corrected chi connectivity index (χ3v) is 6.86. The van der Waals surface area contributed by atoms with Crippen LogP contribution in [0.1, 0.15) is 11.1 Å². The molecule has 7 nitrogen and oxygen atoms in total. The minimum absolute atomic E-state index is 0. The minimum Gasteiger partial charge on any atom is -0.302 e. The number of halogens is 5. The van der Waals surface area contributed by atoms with E-state index in [9.17, 15) is 36.3 Å². The first-order chi connectivity index (χ1) is 15.9. The molecule has 3 heterocycles. The molecule has 0 spiro atoms. The topological polar surface area (TPSA) is 86.0 Å². The second-order valence-corrected chi connectivity index (χ2v) is 8.91. The van der Waals surface area contributed by atoms with Gasteiger partial charge in [-0.1, -0.05) is 0 Å². The molecule has 3 aromatic heterocycles. The number of alkyl halides is 3. The van der Waals surface area contributed by atoms with E-state index in [0.717, 1.165) is 33.3 Å². The number of anilines is 1. The Morgan fingerprint density at radius 3 is 2.43 bits per heavy atom. The quantitative estimate of drug-likeness (QED) is 0.309. The van der Waals surface area contributed by atoms with Crippen LogP contribution in [-0.2, 0) is 31.5 Å². The van der Waals surface area contributed by atoms with Crippen LogP contribution in [0.15, 0.2) is 32.5 Å². The van der Waals surface area contributed by atoms with E-state index in [1.54, 1.807) is 5.38 Å². The molecule has 0 aliphatic rings. The van der Waals surface area contributed by atoms with Crippen molar-refractivity contribution in [1.29, 1.82) is 0 Å². The summed E-state index contributed by atoms with van der Waals surface area (Å²) >= 11 is 1.96. The third kappa shape index (κ3) is 5.21. The Bertz CT molecular complexity index is 1570. The number of amides is 1. The number of thiophene rings is 1. The molecule has 4 rings (SSSR count). The summed E-state index contributed by atoms with van der Waals surface area (Å²) in [6.45, 7) is 0. The summed E-state index contributed by atoms with van der Waals surface area (Å²) in [5.74, 6) is -4.14. The molecule has 0 aliphatic heterocycles. The van der Waals surface area contributed by atoms with Crippen molar-refractivity contribution >= 4 is 95.3 Å². The molecule has 35 heavy (non-hydrogen) atoms. The van der Waals surface area contributed by atoms with Gasteiger partial charge in [-0.3, -0.25) is 18.7 Å². The Hall–Kier alpha value is -1.75. The summed E-state index contributed by atoms with van der Waals surface area (Å²) in [5.41, 5.74) is -3.49. The zero-order valence-corrected chi connectivity index (χ0v) is 23.0. The summed E-state index contributed by atoms with van der Waals surface area (Å²) in [6.07, 6.45) is -5.48. The van der Waals surface area contributed by atoms with Gasteiger partial charge in [0.25, 0.3) is 5.56 Å².